The number of methoxy groups -OCH3 is 1. The summed E-state index contributed by atoms with van der Waals surface area (Å²) in [6.45, 7) is 3.64. The van der Waals surface area contributed by atoms with Crippen molar-refractivity contribution in [1.82, 2.24) is 9.97 Å². The Morgan fingerprint density at radius 1 is 1.40 bits per heavy atom. The maximum atomic E-state index is 11.0. The number of primary amides is 1. The summed E-state index contributed by atoms with van der Waals surface area (Å²) < 4.78 is 4.94. The summed E-state index contributed by atoms with van der Waals surface area (Å²) in [4.78, 5) is 19.2. The van der Waals surface area contributed by atoms with Crippen LogP contribution in [0.5, 0.6) is 5.75 Å². The first-order valence-electron chi connectivity index (χ1n) is 4.71. The molecular weight excluding hydrogens is 194 g/mol. The first kappa shape index (κ1) is 11.4. The van der Waals surface area contributed by atoms with E-state index in [1.165, 1.54) is 0 Å². The molecule has 2 atom stereocenters. The van der Waals surface area contributed by atoms with Crippen molar-refractivity contribution < 1.29 is 9.53 Å². The van der Waals surface area contributed by atoms with Crippen LogP contribution in [0.15, 0.2) is 12.4 Å². The van der Waals surface area contributed by atoms with Gasteiger partial charge < -0.3 is 10.5 Å². The summed E-state index contributed by atoms with van der Waals surface area (Å²) >= 11 is 0. The lowest BCUT2D eigenvalue weighted by Gasteiger charge is -2.14. The van der Waals surface area contributed by atoms with Crippen LogP contribution >= 0.6 is 0 Å². The molecule has 0 aliphatic heterocycles. The maximum absolute atomic E-state index is 11.0. The van der Waals surface area contributed by atoms with Crippen molar-refractivity contribution in [1.29, 1.82) is 0 Å². The van der Waals surface area contributed by atoms with Gasteiger partial charge in [0.1, 0.15) is 5.82 Å². The van der Waals surface area contributed by atoms with Crippen molar-refractivity contribution in [3.8, 4) is 5.75 Å². The summed E-state index contributed by atoms with van der Waals surface area (Å²) in [6, 6.07) is 0. The first-order chi connectivity index (χ1) is 7.06. The van der Waals surface area contributed by atoms with Crippen LogP contribution in [0.1, 0.15) is 25.6 Å². The van der Waals surface area contributed by atoms with Gasteiger partial charge in [0.15, 0.2) is 5.75 Å². The summed E-state index contributed by atoms with van der Waals surface area (Å²) in [6.07, 6.45) is 3.15. The Balaban J connectivity index is 2.82. The van der Waals surface area contributed by atoms with Crippen LogP contribution in [0, 0.1) is 5.92 Å². The fourth-order valence-electron chi connectivity index (χ4n) is 1.14. The fraction of sp³-hybridized carbons (Fsp3) is 0.500. The van der Waals surface area contributed by atoms with Gasteiger partial charge in [0.25, 0.3) is 0 Å². The largest absolute Gasteiger partial charge is 0.494 e. The van der Waals surface area contributed by atoms with Crippen molar-refractivity contribution >= 4 is 5.91 Å². The Morgan fingerprint density at radius 2 is 1.93 bits per heavy atom. The monoisotopic (exact) mass is 209 g/mol. The Morgan fingerprint density at radius 3 is 2.33 bits per heavy atom. The van der Waals surface area contributed by atoms with E-state index >= 15 is 0 Å². The van der Waals surface area contributed by atoms with Gasteiger partial charge in [-0.2, -0.15) is 0 Å². The molecule has 0 saturated carbocycles. The van der Waals surface area contributed by atoms with Gasteiger partial charge in [0, 0.05) is 11.8 Å². The Hall–Kier alpha value is -1.65. The summed E-state index contributed by atoms with van der Waals surface area (Å²) in [5.41, 5.74) is 5.21. The molecular formula is C10H15N3O2. The van der Waals surface area contributed by atoms with E-state index < -0.39 is 0 Å². The SMILES string of the molecule is COc1cnc([C@@H](C)[C@H](C)C(N)=O)nc1. The molecule has 82 valence electrons. The number of ether oxygens (including phenoxy) is 1. The van der Waals surface area contributed by atoms with Crippen LogP contribution in [-0.2, 0) is 4.79 Å². The molecule has 1 aromatic rings. The van der Waals surface area contributed by atoms with Gasteiger partial charge in [-0.3, -0.25) is 4.79 Å². The molecule has 0 unspecified atom stereocenters. The van der Waals surface area contributed by atoms with E-state index in [9.17, 15) is 4.79 Å². The van der Waals surface area contributed by atoms with Gasteiger partial charge in [-0.05, 0) is 0 Å². The number of nitrogens with zero attached hydrogens (tertiary/aromatic N) is 2. The van der Waals surface area contributed by atoms with Crippen LogP contribution in [0.25, 0.3) is 0 Å². The van der Waals surface area contributed by atoms with E-state index in [1.54, 1.807) is 26.4 Å². The van der Waals surface area contributed by atoms with Crippen molar-refractivity contribution in [3.05, 3.63) is 18.2 Å². The molecule has 1 heterocycles. The average Bonchev–Trinajstić information content (AvgIpc) is 2.27. The standard InChI is InChI=1S/C10H15N3O2/c1-6(9(11)14)7(2)10-12-4-8(15-3)5-13-10/h4-7H,1-3H3,(H2,11,14)/t6-,7-/m0/s1. The minimum absolute atomic E-state index is 0.0894. The summed E-state index contributed by atoms with van der Waals surface area (Å²) in [5.74, 6) is 0.480. The summed E-state index contributed by atoms with van der Waals surface area (Å²) in [5, 5.41) is 0. The van der Waals surface area contributed by atoms with Gasteiger partial charge in [-0.25, -0.2) is 9.97 Å². The maximum Gasteiger partial charge on any atom is 0.220 e. The van der Waals surface area contributed by atoms with E-state index in [2.05, 4.69) is 9.97 Å². The highest BCUT2D eigenvalue weighted by Gasteiger charge is 2.21. The molecule has 0 aliphatic carbocycles. The zero-order valence-electron chi connectivity index (χ0n) is 9.10. The second kappa shape index (κ2) is 4.72. The highest BCUT2D eigenvalue weighted by Crippen LogP contribution is 2.20. The zero-order chi connectivity index (χ0) is 11.4. The molecule has 0 bridgehead atoms. The Labute approximate surface area is 88.7 Å². The van der Waals surface area contributed by atoms with Gasteiger partial charge in [-0.1, -0.05) is 13.8 Å². The average molecular weight is 209 g/mol. The molecule has 5 nitrogen and oxygen atoms in total. The van der Waals surface area contributed by atoms with Crippen LogP contribution in [0.2, 0.25) is 0 Å². The lowest BCUT2D eigenvalue weighted by molar-refractivity contribution is -0.121. The third-order valence-electron chi connectivity index (χ3n) is 2.49. The Bertz CT molecular complexity index is 337. The molecule has 0 aromatic carbocycles. The molecule has 1 amide bonds. The molecule has 2 N–H and O–H groups in total. The summed E-state index contributed by atoms with van der Waals surface area (Å²) in [7, 11) is 1.55. The van der Waals surface area contributed by atoms with Gasteiger partial charge in [0.2, 0.25) is 5.91 Å². The highest BCUT2D eigenvalue weighted by molar-refractivity contribution is 5.77. The number of rotatable bonds is 4. The minimum atomic E-state index is -0.345. The number of aromatic nitrogens is 2. The number of carbonyl (C=O) groups excluding carboxylic acids is 1. The van der Waals surface area contributed by atoms with Crippen molar-refractivity contribution in [2.45, 2.75) is 19.8 Å². The van der Waals surface area contributed by atoms with Gasteiger partial charge in [0.05, 0.1) is 19.5 Å². The highest BCUT2D eigenvalue weighted by atomic mass is 16.5. The van der Waals surface area contributed by atoms with Crippen LogP contribution in [0.4, 0.5) is 0 Å². The zero-order valence-corrected chi connectivity index (χ0v) is 9.10. The smallest absolute Gasteiger partial charge is 0.220 e. The third kappa shape index (κ3) is 2.65. The molecule has 0 aliphatic rings. The van der Waals surface area contributed by atoms with Crippen LogP contribution in [-0.4, -0.2) is 23.0 Å². The second-order valence-corrected chi connectivity index (χ2v) is 3.46. The van der Waals surface area contributed by atoms with Crippen molar-refractivity contribution in [2.24, 2.45) is 11.7 Å². The van der Waals surface area contributed by atoms with Gasteiger partial charge in [-0.15, -0.1) is 0 Å². The number of carbonyl (C=O) groups is 1. The van der Waals surface area contributed by atoms with E-state index in [-0.39, 0.29) is 17.7 Å². The Kier molecular flexibility index (Phi) is 3.60. The fourth-order valence-corrected chi connectivity index (χ4v) is 1.14. The second-order valence-electron chi connectivity index (χ2n) is 3.46. The topological polar surface area (TPSA) is 78.1 Å². The lowest BCUT2D eigenvalue weighted by Crippen LogP contribution is -2.25. The quantitative estimate of drug-likeness (QED) is 0.792. The van der Waals surface area contributed by atoms with Crippen molar-refractivity contribution in [2.75, 3.05) is 7.11 Å². The molecule has 0 radical (unpaired) electrons. The molecule has 5 heteroatoms. The van der Waals surface area contributed by atoms with Gasteiger partial charge >= 0.3 is 0 Å². The first-order valence-corrected chi connectivity index (χ1v) is 4.71. The molecule has 0 saturated heterocycles. The minimum Gasteiger partial charge on any atom is -0.494 e. The van der Waals surface area contributed by atoms with E-state index in [0.717, 1.165) is 0 Å². The molecule has 15 heavy (non-hydrogen) atoms. The molecule has 1 aromatic heterocycles. The number of hydrogen-bond donors (Lipinski definition) is 1. The predicted molar refractivity (Wildman–Crippen MR) is 55.4 cm³/mol. The van der Waals surface area contributed by atoms with E-state index in [0.29, 0.717) is 11.6 Å². The van der Waals surface area contributed by atoms with Crippen LogP contribution in [0.3, 0.4) is 0 Å². The number of hydrogen-bond acceptors (Lipinski definition) is 4. The lowest BCUT2D eigenvalue weighted by atomic mass is 9.95. The van der Waals surface area contributed by atoms with E-state index in [4.69, 9.17) is 10.5 Å². The normalized spacial score (nSPS) is 14.3. The molecule has 1 rings (SSSR count). The third-order valence-corrected chi connectivity index (χ3v) is 2.49. The van der Waals surface area contributed by atoms with Crippen molar-refractivity contribution in [3.63, 3.8) is 0 Å². The molecule has 0 fully saturated rings. The van der Waals surface area contributed by atoms with E-state index in [1.807, 2.05) is 6.92 Å². The van der Waals surface area contributed by atoms with Crippen LogP contribution < -0.4 is 10.5 Å². The predicted octanol–water partition coefficient (Wildman–Crippen LogP) is 0.710. The number of amides is 1. The number of nitrogens with two attached hydrogens (primary N) is 1. The molecule has 0 spiro atoms.